The minimum absolute atomic E-state index is 0.200. The Balaban J connectivity index is 2.40. The summed E-state index contributed by atoms with van der Waals surface area (Å²) in [6, 6.07) is 5.98. The summed E-state index contributed by atoms with van der Waals surface area (Å²) in [6.45, 7) is 3.80. The molecule has 0 aromatic heterocycles. The van der Waals surface area contributed by atoms with Gasteiger partial charge in [0, 0.05) is 5.92 Å². The molecule has 0 spiro atoms. The van der Waals surface area contributed by atoms with Crippen molar-refractivity contribution < 1.29 is 5.11 Å². The van der Waals surface area contributed by atoms with Crippen molar-refractivity contribution in [3.05, 3.63) is 29.3 Å². The van der Waals surface area contributed by atoms with Crippen LogP contribution in [0.15, 0.2) is 23.2 Å². The molecule has 0 amide bonds. The average molecular weight is 224 g/mol. The van der Waals surface area contributed by atoms with Crippen molar-refractivity contribution in [2.75, 3.05) is 0 Å². The Morgan fingerprint density at radius 1 is 1.53 bits per heavy atom. The van der Waals surface area contributed by atoms with Crippen LogP contribution in [0.25, 0.3) is 0 Å². The van der Waals surface area contributed by atoms with Gasteiger partial charge in [0.15, 0.2) is 0 Å². The fraction of sp³-hybridized carbons (Fsp3) is 0.417. The van der Waals surface area contributed by atoms with Crippen LogP contribution in [0.5, 0.6) is 0 Å². The third kappa shape index (κ3) is 2.06. The van der Waals surface area contributed by atoms with Gasteiger partial charge in [-0.1, -0.05) is 24.6 Å². The third-order valence-electron chi connectivity index (χ3n) is 2.91. The van der Waals surface area contributed by atoms with Gasteiger partial charge in [-0.25, -0.2) is 4.99 Å². The normalized spacial score (nSPS) is 25.5. The van der Waals surface area contributed by atoms with E-state index in [1.807, 2.05) is 25.1 Å². The Bertz CT molecular complexity index is 410. The van der Waals surface area contributed by atoms with Crippen LogP contribution in [0.1, 0.15) is 30.9 Å². The largest absolute Gasteiger partial charge is 0.392 e. The second kappa shape index (κ2) is 3.95. The third-order valence-corrected chi connectivity index (χ3v) is 2.99. The molecule has 2 unspecified atom stereocenters. The van der Waals surface area contributed by atoms with Crippen LogP contribution in [-0.4, -0.2) is 16.4 Å². The van der Waals surface area contributed by atoms with Gasteiger partial charge in [-0.05, 0) is 36.6 Å². The second-order valence-corrected chi connectivity index (χ2v) is 4.60. The van der Waals surface area contributed by atoms with E-state index in [1.165, 1.54) is 11.1 Å². The smallest absolute Gasteiger partial charge is 0.103 e. The number of aliphatic hydroxyl groups is 1. The summed E-state index contributed by atoms with van der Waals surface area (Å²) in [7, 11) is 0. The molecule has 2 nitrogen and oxygen atoms in total. The van der Waals surface area contributed by atoms with Gasteiger partial charge in [-0.15, -0.1) is 0 Å². The van der Waals surface area contributed by atoms with Crippen molar-refractivity contribution >= 4 is 22.5 Å². The first-order valence-electron chi connectivity index (χ1n) is 5.09. The number of benzene rings is 1. The first-order chi connectivity index (χ1) is 7.08. The van der Waals surface area contributed by atoms with Crippen molar-refractivity contribution in [1.82, 2.24) is 0 Å². The molecule has 0 radical (unpaired) electrons. The van der Waals surface area contributed by atoms with Crippen LogP contribution in [0.2, 0.25) is 0 Å². The molecular formula is C12H14ClNO. The van der Waals surface area contributed by atoms with Crippen molar-refractivity contribution in [1.29, 1.82) is 0 Å². The SMILES string of the molecule is CC(Cl)=Nc1ccc2c(c1)C(C)C(O)C2. The summed E-state index contributed by atoms with van der Waals surface area (Å²) >= 11 is 5.73. The number of rotatable bonds is 1. The second-order valence-electron chi connectivity index (χ2n) is 4.05. The fourth-order valence-electron chi connectivity index (χ4n) is 2.05. The monoisotopic (exact) mass is 223 g/mol. The Labute approximate surface area is 94.6 Å². The van der Waals surface area contributed by atoms with Gasteiger partial charge in [-0.3, -0.25) is 0 Å². The Kier molecular flexibility index (Phi) is 2.81. The van der Waals surface area contributed by atoms with Gasteiger partial charge in [0.1, 0.15) is 5.17 Å². The summed E-state index contributed by atoms with van der Waals surface area (Å²) in [4.78, 5) is 4.20. The van der Waals surface area contributed by atoms with Crippen LogP contribution in [0.3, 0.4) is 0 Å². The zero-order chi connectivity index (χ0) is 11.0. The molecule has 1 aliphatic carbocycles. The Morgan fingerprint density at radius 3 is 2.93 bits per heavy atom. The predicted molar refractivity (Wildman–Crippen MR) is 63.2 cm³/mol. The lowest BCUT2D eigenvalue weighted by Gasteiger charge is -2.08. The molecule has 3 heteroatoms. The molecule has 0 heterocycles. The number of fused-ring (bicyclic) bond motifs is 1. The zero-order valence-electron chi connectivity index (χ0n) is 8.87. The Hall–Kier alpha value is -0.860. The summed E-state index contributed by atoms with van der Waals surface area (Å²) in [5, 5.41) is 10.3. The maximum atomic E-state index is 9.73. The highest BCUT2D eigenvalue weighted by Crippen LogP contribution is 2.35. The lowest BCUT2D eigenvalue weighted by atomic mass is 10.0. The first-order valence-corrected chi connectivity index (χ1v) is 5.47. The molecule has 0 fully saturated rings. The maximum Gasteiger partial charge on any atom is 0.103 e. The van der Waals surface area contributed by atoms with E-state index in [-0.39, 0.29) is 12.0 Å². The quantitative estimate of drug-likeness (QED) is 0.730. The molecule has 1 aromatic rings. The van der Waals surface area contributed by atoms with Crippen molar-refractivity contribution in [3.63, 3.8) is 0 Å². The summed E-state index contributed by atoms with van der Waals surface area (Å²) in [6.07, 6.45) is 0.497. The minimum atomic E-state index is -0.253. The molecule has 2 atom stereocenters. The van der Waals surface area contributed by atoms with E-state index in [0.29, 0.717) is 5.17 Å². The average Bonchev–Trinajstić information content (AvgIpc) is 2.43. The molecule has 0 aliphatic heterocycles. The van der Waals surface area contributed by atoms with Crippen LogP contribution >= 0.6 is 11.6 Å². The van der Waals surface area contributed by atoms with E-state index in [4.69, 9.17) is 11.6 Å². The van der Waals surface area contributed by atoms with Crippen LogP contribution in [0.4, 0.5) is 5.69 Å². The van der Waals surface area contributed by atoms with E-state index in [0.717, 1.165) is 12.1 Å². The number of aliphatic hydroxyl groups excluding tert-OH is 1. The first kappa shape index (κ1) is 10.7. The Morgan fingerprint density at radius 2 is 2.27 bits per heavy atom. The highest BCUT2D eigenvalue weighted by Gasteiger charge is 2.27. The van der Waals surface area contributed by atoms with Crippen LogP contribution < -0.4 is 0 Å². The van der Waals surface area contributed by atoms with Gasteiger partial charge >= 0.3 is 0 Å². The molecule has 1 aromatic carbocycles. The molecule has 1 aliphatic rings. The number of nitrogens with zero attached hydrogens (tertiary/aromatic N) is 1. The highest BCUT2D eigenvalue weighted by atomic mass is 35.5. The van der Waals surface area contributed by atoms with E-state index in [2.05, 4.69) is 4.99 Å². The van der Waals surface area contributed by atoms with Gasteiger partial charge in [0.2, 0.25) is 0 Å². The predicted octanol–water partition coefficient (Wildman–Crippen LogP) is 3.00. The summed E-state index contributed by atoms with van der Waals surface area (Å²) in [5.41, 5.74) is 3.28. The van der Waals surface area contributed by atoms with Gasteiger partial charge in [0.05, 0.1) is 11.8 Å². The number of aliphatic imine (C=N–C) groups is 1. The lowest BCUT2D eigenvalue weighted by Crippen LogP contribution is -2.09. The molecule has 2 rings (SSSR count). The molecule has 0 saturated carbocycles. The highest BCUT2D eigenvalue weighted by molar-refractivity contribution is 6.65. The van der Waals surface area contributed by atoms with Gasteiger partial charge in [-0.2, -0.15) is 0 Å². The minimum Gasteiger partial charge on any atom is -0.392 e. The lowest BCUT2D eigenvalue weighted by molar-refractivity contribution is 0.163. The molecule has 0 saturated heterocycles. The molecule has 80 valence electrons. The molecule has 15 heavy (non-hydrogen) atoms. The summed E-state index contributed by atoms with van der Waals surface area (Å²) < 4.78 is 0. The van der Waals surface area contributed by atoms with Gasteiger partial charge < -0.3 is 5.11 Å². The van der Waals surface area contributed by atoms with Crippen molar-refractivity contribution in [2.24, 2.45) is 4.99 Å². The van der Waals surface area contributed by atoms with Gasteiger partial charge in [0.25, 0.3) is 0 Å². The number of hydrogen-bond donors (Lipinski definition) is 1. The van der Waals surface area contributed by atoms with Crippen molar-refractivity contribution in [3.8, 4) is 0 Å². The molecule has 0 bridgehead atoms. The van der Waals surface area contributed by atoms with Crippen LogP contribution in [0, 0.1) is 0 Å². The number of halogens is 1. The van der Waals surface area contributed by atoms with E-state index in [1.54, 1.807) is 6.92 Å². The molecular weight excluding hydrogens is 210 g/mol. The fourth-order valence-corrected chi connectivity index (χ4v) is 2.15. The van der Waals surface area contributed by atoms with E-state index < -0.39 is 0 Å². The van der Waals surface area contributed by atoms with E-state index >= 15 is 0 Å². The van der Waals surface area contributed by atoms with E-state index in [9.17, 15) is 5.11 Å². The zero-order valence-corrected chi connectivity index (χ0v) is 9.62. The van der Waals surface area contributed by atoms with Crippen LogP contribution in [-0.2, 0) is 6.42 Å². The maximum absolute atomic E-state index is 9.73. The molecule has 1 N–H and O–H groups in total. The number of hydrogen-bond acceptors (Lipinski definition) is 2. The van der Waals surface area contributed by atoms with Crippen molar-refractivity contribution in [2.45, 2.75) is 32.3 Å². The summed E-state index contributed by atoms with van der Waals surface area (Å²) in [5.74, 6) is 0.200. The standard InChI is InChI=1S/C12H14ClNO/c1-7-11-6-10(14-8(2)13)4-3-9(11)5-12(7)15/h3-4,6-7,12,15H,5H2,1-2H3. The topological polar surface area (TPSA) is 32.6 Å².